The number of carbonyl (C=O) groups excluding carboxylic acids is 2. The highest BCUT2D eigenvalue weighted by Gasteiger charge is 2.22. The summed E-state index contributed by atoms with van der Waals surface area (Å²) in [6, 6.07) is 4.48. The van der Waals surface area contributed by atoms with Crippen LogP contribution in [-0.4, -0.2) is 46.5 Å². The molecular formula is C18H20N4O4. The van der Waals surface area contributed by atoms with Gasteiger partial charge in [-0.25, -0.2) is 4.98 Å². The highest BCUT2D eigenvalue weighted by Crippen LogP contribution is 2.31. The van der Waals surface area contributed by atoms with E-state index >= 15 is 0 Å². The molecule has 1 atom stereocenters. The zero-order valence-corrected chi connectivity index (χ0v) is 15.0. The molecule has 1 amide bonds. The highest BCUT2D eigenvalue weighted by atomic mass is 16.5. The fourth-order valence-corrected chi connectivity index (χ4v) is 2.72. The normalized spacial score (nSPS) is 12.0. The van der Waals surface area contributed by atoms with E-state index in [1.165, 1.54) is 0 Å². The van der Waals surface area contributed by atoms with Gasteiger partial charge in [0.15, 0.2) is 5.82 Å². The number of amides is 1. The van der Waals surface area contributed by atoms with Crippen LogP contribution in [0, 0.1) is 0 Å². The number of carbonyl (C=O) groups is 2. The first-order chi connectivity index (χ1) is 12.4. The fourth-order valence-electron chi connectivity index (χ4n) is 2.72. The summed E-state index contributed by atoms with van der Waals surface area (Å²) in [5, 5.41) is 3.44. The van der Waals surface area contributed by atoms with E-state index in [-0.39, 0.29) is 5.78 Å². The SMILES string of the molecule is COc1cc(OC)c2cc(C(=O)NC(C)C(=O)c3nccn3C)[nH]c2c1. The van der Waals surface area contributed by atoms with Gasteiger partial charge >= 0.3 is 0 Å². The summed E-state index contributed by atoms with van der Waals surface area (Å²) in [4.78, 5) is 32.0. The molecule has 0 spiro atoms. The molecule has 0 aliphatic rings. The summed E-state index contributed by atoms with van der Waals surface area (Å²) in [7, 11) is 4.84. The first-order valence-corrected chi connectivity index (χ1v) is 8.01. The summed E-state index contributed by atoms with van der Waals surface area (Å²) in [5.41, 5.74) is 1.03. The molecule has 2 heterocycles. The van der Waals surface area contributed by atoms with Gasteiger partial charge in [-0.3, -0.25) is 9.59 Å². The number of Topliss-reactive ketones (excluding diaryl/α,β-unsaturated/α-hetero) is 1. The zero-order chi connectivity index (χ0) is 18.8. The first kappa shape index (κ1) is 17.5. The maximum atomic E-state index is 12.5. The van der Waals surface area contributed by atoms with Gasteiger partial charge in [0.25, 0.3) is 5.91 Å². The molecule has 2 N–H and O–H groups in total. The second kappa shape index (κ2) is 6.91. The summed E-state index contributed by atoms with van der Waals surface area (Å²) in [6.45, 7) is 1.63. The van der Waals surface area contributed by atoms with Crippen LogP contribution in [0.1, 0.15) is 28.0 Å². The Morgan fingerprint density at radius 3 is 2.62 bits per heavy atom. The van der Waals surface area contributed by atoms with E-state index in [1.807, 2.05) is 0 Å². The molecule has 1 unspecified atom stereocenters. The largest absolute Gasteiger partial charge is 0.497 e. The molecular weight excluding hydrogens is 336 g/mol. The third-order valence-corrected chi connectivity index (χ3v) is 4.16. The minimum Gasteiger partial charge on any atom is -0.497 e. The lowest BCUT2D eigenvalue weighted by molar-refractivity contribution is 0.0856. The van der Waals surface area contributed by atoms with Gasteiger partial charge in [-0.2, -0.15) is 0 Å². The molecule has 0 radical (unpaired) electrons. The van der Waals surface area contributed by atoms with E-state index in [1.54, 1.807) is 63.4 Å². The molecule has 0 aliphatic carbocycles. The van der Waals surface area contributed by atoms with Gasteiger partial charge in [0.1, 0.15) is 17.2 Å². The Bertz CT molecular complexity index is 973. The average molecular weight is 356 g/mol. The molecule has 8 heteroatoms. The predicted octanol–water partition coefficient (Wildman–Crippen LogP) is 1.92. The molecule has 3 aromatic rings. The van der Waals surface area contributed by atoms with Crippen LogP contribution < -0.4 is 14.8 Å². The molecule has 136 valence electrons. The third-order valence-electron chi connectivity index (χ3n) is 4.16. The predicted molar refractivity (Wildman–Crippen MR) is 95.9 cm³/mol. The molecule has 3 rings (SSSR count). The third kappa shape index (κ3) is 3.13. The lowest BCUT2D eigenvalue weighted by atomic mass is 10.2. The van der Waals surface area contributed by atoms with Crippen LogP contribution in [0.25, 0.3) is 10.9 Å². The fraction of sp³-hybridized carbons (Fsp3) is 0.278. The Hall–Kier alpha value is -3.29. The van der Waals surface area contributed by atoms with Crippen molar-refractivity contribution in [1.82, 2.24) is 19.9 Å². The number of benzene rings is 1. The van der Waals surface area contributed by atoms with Gasteiger partial charge in [0.05, 0.1) is 25.8 Å². The number of aryl methyl sites for hydroxylation is 1. The monoisotopic (exact) mass is 356 g/mol. The van der Waals surface area contributed by atoms with Gasteiger partial charge in [0, 0.05) is 37.0 Å². The quantitative estimate of drug-likeness (QED) is 0.658. The minimum atomic E-state index is -0.716. The van der Waals surface area contributed by atoms with Crippen molar-refractivity contribution in [3.63, 3.8) is 0 Å². The summed E-state index contributed by atoms with van der Waals surface area (Å²) < 4.78 is 12.2. The Morgan fingerprint density at radius 2 is 2.00 bits per heavy atom. The van der Waals surface area contributed by atoms with Crippen molar-refractivity contribution >= 4 is 22.6 Å². The highest BCUT2D eigenvalue weighted by molar-refractivity contribution is 6.04. The molecule has 0 fully saturated rings. The van der Waals surface area contributed by atoms with E-state index in [4.69, 9.17) is 9.47 Å². The molecule has 0 aliphatic heterocycles. The molecule has 0 bridgehead atoms. The van der Waals surface area contributed by atoms with Crippen molar-refractivity contribution in [2.75, 3.05) is 14.2 Å². The van der Waals surface area contributed by atoms with Crippen molar-refractivity contribution in [3.8, 4) is 11.5 Å². The number of ketones is 1. The zero-order valence-electron chi connectivity index (χ0n) is 15.0. The summed E-state index contributed by atoms with van der Waals surface area (Å²) >= 11 is 0. The van der Waals surface area contributed by atoms with Crippen LogP contribution in [0.15, 0.2) is 30.6 Å². The molecule has 0 saturated heterocycles. The summed E-state index contributed by atoms with van der Waals surface area (Å²) in [5.74, 6) is 0.840. The average Bonchev–Trinajstić information content (AvgIpc) is 3.25. The number of aromatic amines is 1. The minimum absolute atomic E-state index is 0.263. The van der Waals surface area contributed by atoms with Crippen LogP contribution in [0.2, 0.25) is 0 Å². The van der Waals surface area contributed by atoms with Crippen molar-refractivity contribution in [2.45, 2.75) is 13.0 Å². The topological polar surface area (TPSA) is 98.2 Å². The molecule has 8 nitrogen and oxygen atoms in total. The van der Waals surface area contributed by atoms with Crippen molar-refractivity contribution in [3.05, 3.63) is 42.1 Å². The van der Waals surface area contributed by atoms with Gasteiger partial charge in [0.2, 0.25) is 5.78 Å². The number of imidazole rings is 1. The number of aromatic nitrogens is 3. The van der Waals surface area contributed by atoms with Crippen LogP contribution in [0.4, 0.5) is 0 Å². The Labute approximate surface area is 150 Å². The van der Waals surface area contributed by atoms with E-state index < -0.39 is 11.9 Å². The van der Waals surface area contributed by atoms with Crippen LogP contribution >= 0.6 is 0 Å². The number of hydrogen-bond donors (Lipinski definition) is 2. The standard InChI is InChI=1S/C18H20N4O4/c1-10(16(23)17-19-5-6-22(17)2)20-18(24)14-9-12-13(21-14)7-11(25-3)8-15(12)26-4/h5-10,21H,1-4H3,(H,20,24). The van der Waals surface area contributed by atoms with Crippen LogP contribution in [-0.2, 0) is 7.05 Å². The summed E-state index contributed by atoms with van der Waals surface area (Å²) in [6.07, 6.45) is 3.22. The number of rotatable bonds is 6. The maximum absolute atomic E-state index is 12.5. The molecule has 1 aromatic carbocycles. The molecule has 2 aromatic heterocycles. The number of H-pyrrole nitrogens is 1. The Balaban J connectivity index is 1.83. The number of hydrogen-bond acceptors (Lipinski definition) is 5. The molecule has 0 saturated carbocycles. The van der Waals surface area contributed by atoms with Gasteiger partial charge in [-0.05, 0) is 13.0 Å². The van der Waals surface area contributed by atoms with E-state index in [2.05, 4.69) is 15.3 Å². The van der Waals surface area contributed by atoms with Gasteiger partial charge in [-0.15, -0.1) is 0 Å². The Kier molecular flexibility index (Phi) is 4.66. The van der Waals surface area contributed by atoms with Crippen LogP contribution in [0.3, 0.4) is 0 Å². The van der Waals surface area contributed by atoms with Crippen LogP contribution in [0.5, 0.6) is 11.5 Å². The Morgan fingerprint density at radius 1 is 1.23 bits per heavy atom. The number of nitrogens with one attached hydrogen (secondary N) is 2. The smallest absolute Gasteiger partial charge is 0.268 e. The number of ether oxygens (including phenoxy) is 2. The van der Waals surface area contributed by atoms with Gasteiger partial charge in [-0.1, -0.05) is 0 Å². The van der Waals surface area contributed by atoms with E-state index in [9.17, 15) is 9.59 Å². The van der Waals surface area contributed by atoms with Crippen molar-refractivity contribution in [1.29, 1.82) is 0 Å². The lowest BCUT2D eigenvalue weighted by Gasteiger charge is -2.11. The first-order valence-electron chi connectivity index (χ1n) is 8.01. The number of methoxy groups -OCH3 is 2. The molecule has 26 heavy (non-hydrogen) atoms. The van der Waals surface area contributed by atoms with Crippen molar-refractivity contribution in [2.24, 2.45) is 7.05 Å². The second-order valence-corrected chi connectivity index (χ2v) is 5.90. The van der Waals surface area contributed by atoms with Crippen molar-refractivity contribution < 1.29 is 19.1 Å². The number of nitrogens with zero attached hydrogens (tertiary/aromatic N) is 2. The lowest BCUT2D eigenvalue weighted by Crippen LogP contribution is -2.39. The van der Waals surface area contributed by atoms with Gasteiger partial charge < -0.3 is 24.3 Å². The van der Waals surface area contributed by atoms with E-state index in [0.717, 1.165) is 5.39 Å². The van der Waals surface area contributed by atoms with E-state index in [0.29, 0.717) is 28.5 Å². The second-order valence-electron chi connectivity index (χ2n) is 5.90. The maximum Gasteiger partial charge on any atom is 0.268 e. The number of fused-ring (bicyclic) bond motifs is 1.